The summed E-state index contributed by atoms with van der Waals surface area (Å²) in [6, 6.07) is 9.81. The lowest BCUT2D eigenvalue weighted by atomic mass is 9.71. The third-order valence-corrected chi connectivity index (χ3v) is 5.57. The van der Waals surface area contributed by atoms with Gasteiger partial charge in [-0.2, -0.15) is 0 Å². The lowest BCUT2D eigenvalue weighted by molar-refractivity contribution is 0.103. The van der Waals surface area contributed by atoms with E-state index in [2.05, 4.69) is 36.7 Å². The molecule has 2 aromatic carbocycles. The number of hydrogen-bond donors (Lipinski definition) is 2. The first-order valence-electron chi connectivity index (χ1n) is 9.68. The summed E-state index contributed by atoms with van der Waals surface area (Å²) in [5, 5.41) is 10.9. The maximum absolute atomic E-state index is 13.6. The molecule has 1 heterocycles. The number of carbonyl (C=O) groups excluding carboxylic acids is 1. The maximum Gasteiger partial charge on any atom is 0.195 e. The Labute approximate surface area is 170 Å². The largest absolute Gasteiger partial charge is 0.495 e. The molecule has 148 valence electrons. The third kappa shape index (κ3) is 3.03. The number of aliphatic hydroxyl groups is 1. The summed E-state index contributed by atoms with van der Waals surface area (Å²) in [6.45, 7) is 9.51. The van der Waals surface area contributed by atoms with Crippen LogP contribution in [-0.2, 0) is 5.41 Å². The van der Waals surface area contributed by atoms with Crippen LogP contribution in [0.1, 0.15) is 66.0 Å². The van der Waals surface area contributed by atoms with Crippen LogP contribution >= 0.6 is 0 Å². The van der Waals surface area contributed by atoms with Crippen LogP contribution < -0.4 is 4.74 Å². The molecule has 0 spiro atoms. The smallest absolute Gasteiger partial charge is 0.195 e. The van der Waals surface area contributed by atoms with Crippen molar-refractivity contribution in [1.82, 2.24) is 4.98 Å². The van der Waals surface area contributed by atoms with E-state index in [0.29, 0.717) is 16.9 Å². The molecule has 4 heteroatoms. The monoisotopic (exact) mass is 387 g/mol. The number of nitrogens with one attached hydrogen (secondary N) is 1. The SMILES string of the molecule is COc1cc2c(cc1C#CC(C)(C)O)C(=O)c1c([nH]c3cc(C)ccc13)C2(C)C. The Kier molecular flexibility index (Phi) is 4.15. The van der Waals surface area contributed by atoms with Crippen molar-refractivity contribution < 1.29 is 14.6 Å². The van der Waals surface area contributed by atoms with Gasteiger partial charge < -0.3 is 14.8 Å². The van der Waals surface area contributed by atoms with E-state index in [4.69, 9.17) is 4.74 Å². The van der Waals surface area contributed by atoms with Gasteiger partial charge in [0.1, 0.15) is 11.4 Å². The van der Waals surface area contributed by atoms with E-state index in [0.717, 1.165) is 33.3 Å². The van der Waals surface area contributed by atoms with Crippen LogP contribution in [0, 0.1) is 18.8 Å². The zero-order valence-electron chi connectivity index (χ0n) is 17.7. The van der Waals surface area contributed by atoms with Gasteiger partial charge in [-0.25, -0.2) is 0 Å². The van der Waals surface area contributed by atoms with Crippen LogP contribution in [0.4, 0.5) is 0 Å². The molecular weight excluding hydrogens is 362 g/mol. The highest BCUT2D eigenvalue weighted by atomic mass is 16.5. The Bertz CT molecular complexity index is 1230. The number of aromatic amines is 1. The molecule has 0 aliphatic heterocycles. The number of aryl methyl sites for hydroxylation is 1. The van der Waals surface area contributed by atoms with Crippen molar-refractivity contribution >= 4 is 16.7 Å². The van der Waals surface area contributed by atoms with Crippen molar-refractivity contribution in [3.63, 3.8) is 0 Å². The number of rotatable bonds is 1. The second kappa shape index (κ2) is 6.23. The highest BCUT2D eigenvalue weighted by Crippen LogP contribution is 2.45. The van der Waals surface area contributed by atoms with Crippen molar-refractivity contribution in [3.05, 3.63) is 63.8 Å². The van der Waals surface area contributed by atoms with Gasteiger partial charge >= 0.3 is 0 Å². The maximum atomic E-state index is 13.6. The van der Waals surface area contributed by atoms with Gasteiger partial charge in [-0.15, -0.1) is 0 Å². The Balaban J connectivity index is 2.00. The van der Waals surface area contributed by atoms with Gasteiger partial charge in [0.05, 0.1) is 18.2 Å². The average molecular weight is 387 g/mol. The van der Waals surface area contributed by atoms with E-state index >= 15 is 0 Å². The topological polar surface area (TPSA) is 62.3 Å². The van der Waals surface area contributed by atoms with Gasteiger partial charge in [-0.05, 0) is 50.1 Å². The number of hydrogen-bond acceptors (Lipinski definition) is 3. The molecule has 1 aromatic heterocycles. The number of ether oxygens (including phenoxy) is 1. The van der Waals surface area contributed by atoms with Crippen LogP contribution in [-0.4, -0.2) is 28.6 Å². The van der Waals surface area contributed by atoms with Crippen molar-refractivity contribution in [2.24, 2.45) is 0 Å². The minimum atomic E-state index is -1.13. The molecule has 1 aliphatic rings. The molecule has 4 nitrogen and oxygen atoms in total. The molecule has 0 amide bonds. The quantitative estimate of drug-likeness (QED) is 0.605. The summed E-state index contributed by atoms with van der Waals surface area (Å²) in [5.74, 6) is 6.37. The van der Waals surface area contributed by atoms with E-state index in [1.54, 1.807) is 27.0 Å². The lowest BCUT2D eigenvalue weighted by Crippen LogP contribution is -2.30. The Morgan fingerprint density at radius 2 is 1.90 bits per heavy atom. The van der Waals surface area contributed by atoms with Gasteiger partial charge in [0.2, 0.25) is 0 Å². The van der Waals surface area contributed by atoms with E-state index in [1.165, 1.54) is 0 Å². The average Bonchev–Trinajstić information content (AvgIpc) is 3.03. The lowest BCUT2D eigenvalue weighted by Gasteiger charge is -2.32. The predicted octanol–water partition coefficient (Wildman–Crippen LogP) is 4.48. The van der Waals surface area contributed by atoms with Crippen LogP contribution in [0.15, 0.2) is 30.3 Å². The number of methoxy groups -OCH3 is 1. The Hall–Kier alpha value is -3.03. The van der Waals surface area contributed by atoms with Gasteiger partial charge in [0.15, 0.2) is 5.78 Å². The highest BCUT2D eigenvalue weighted by molar-refractivity contribution is 6.20. The minimum absolute atomic E-state index is 0.0154. The van der Waals surface area contributed by atoms with Gasteiger partial charge in [-0.1, -0.05) is 37.8 Å². The number of fused-ring (bicyclic) bond motifs is 4. The van der Waals surface area contributed by atoms with Crippen molar-refractivity contribution in [1.29, 1.82) is 0 Å². The zero-order valence-corrected chi connectivity index (χ0v) is 17.7. The number of ketones is 1. The second-order valence-electron chi connectivity index (χ2n) is 8.79. The minimum Gasteiger partial charge on any atom is -0.495 e. The van der Waals surface area contributed by atoms with Crippen molar-refractivity contribution in [2.45, 2.75) is 45.6 Å². The summed E-state index contributed by atoms with van der Waals surface area (Å²) in [6.07, 6.45) is 0. The first-order chi connectivity index (χ1) is 13.5. The summed E-state index contributed by atoms with van der Waals surface area (Å²) < 4.78 is 5.56. The van der Waals surface area contributed by atoms with E-state index in [-0.39, 0.29) is 5.78 Å². The van der Waals surface area contributed by atoms with Crippen LogP contribution in [0.2, 0.25) is 0 Å². The Morgan fingerprint density at radius 3 is 2.55 bits per heavy atom. The molecule has 1 aliphatic carbocycles. The predicted molar refractivity (Wildman–Crippen MR) is 115 cm³/mol. The Morgan fingerprint density at radius 1 is 1.17 bits per heavy atom. The normalized spacial score (nSPS) is 14.8. The van der Waals surface area contributed by atoms with Crippen molar-refractivity contribution in [3.8, 4) is 17.6 Å². The molecule has 0 fully saturated rings. The number of H-pyrrole nitrogens is 1. The molecule has 0 radical (unpaired) electrons. The zero-order chi connectivity index (χ0) is 21.1. The van der Waals surface area contributed by atoms with E-state index in [9.17, 15) is 9.90 Å². The summed E-state index contributed by atoms with van der Waals surface area (Å²) >= 11 is 0. The molecule has 0 bridgehead atoms. The summed E-state index contributed by atoms with van der Waals surface area (Å²) in [4.78, 5) is 17.0. The number of benzene rings is 2. The fraction of sp³-hybridized carbons (Fsp3) is 0.320. The van der Waals surface area contributed by atoms with Crippen LogP contribution in [0.25, 0.3) is 10.9 Å². The molecule has 0 saturated carbocycles. The molecule has 29 heavy (non-hydrogen) atoms. The van der Waals surface area contributed by atoms with Gasteiger partial charge in [0, 0.05) is 27.6 Å². The summed E-state index contributed by atoms with van der Waals surface area (Å²) in [5.41, 5.74) is 4.36. The van der Waals surface area contributed by atoms with Crippen LogP contribution in [0.3, 0.4) is 0 Å². The van der Waals surface area contributed by atoms with Crippen LogP contribution in [0.5, 0.6) is 5.75 Å². The molecule has 2 N–H and O–H groups in total. The summed E-state index contributed by atoms with van der Waals surface area (Å²) in [7, 11) is 1.59. The molecule has 0 unspecified atom stereocenters. The van der Waals surface area contributed by atoms with Gasteiger partial charge in [0.25, 0.3) is 0 Å². The number of carbonyl (C=O) groups is 1. The first-order valence-corrected chi connectivity index (χ1v) is 9.68. The fourth-order valence-electron chi connectivity index (χ4n) is 4.06. The molecule has 0 atom stereocenters. The standard InChI is InChI=1S/C25H25NO3/c1-14-7-8-16-19(11-14)26-23-21(16)22(27)17-12-15(9-10-24(2,3)28)20(29-6)13-18(17)25(23,4)5/h7-8,11-13,26,28H,1-6H3. The fourth-order valence-corrected chi connectivity index (χ4v) is 4.06. The van der Waals surface area contributed by atoms with Gasteiger partial charge in [-0.3, -0.25) is 4.79 Å². The van der Waals surface area contributed by atoms with E-state index in [1.807, 2.05) is 25.1 Å². The number of aromatic nitrogens is 1. The molecule has 3 aromatic rings. The second-order valence-corrected chi connectivity index (χ2v) is 8.79. The third-order valence-electron chi connectivity index (χ3n) is 5.57. The molecule has 0 saturated heterocycles. The van der Waals surface area contributed by atoms with E-state index < -0.39 is 11.0 Å². The van der Waals surface area contributed by atoms with Crippen molar-refractivity contribution in [2.75, 3.05) is 7.11 Å². The highest BCUT2D eigenvalue weighted by Gasteiger charge is 2.40. The molecule has 4 rings (SSSR count). The first kappa shape index (κ1) is 19.3. The molecular formula is C25H25NO3.